The predicted molar refractivity (Wildman–Crippen MR) is 213 cm³/mol. The van der Waals surface area contributed by atoms with E-state index in [1.54, 1.807) is 50.2 Å². The Bertz CT molecular complexity index is 2260. The van der Waals surface area contributed by atoms with Gasteiger partial charge in [0.25, 0.3) is 13.1 Å². The number of nitrogens with zero attached hydrogens (tertiary/aromatic N) is 2. The number of nitro groups is 2. The van der Waals surface area contributed by atoms with Gasteiger partial charge in [0, 0.05) is 16.7 Å². The Morgan fingerprint density at radius 1 is 0.649 bits per heavy atom. The average Bonchev–Trinajstić information content (AvgIpc) is 3.17. The number of nitro benzene ring substituents is 2. The third kappa shape index (κ3) is 12.8. The molecular weight excluding hydrogens is 783 g/mol. The molecule has 0 aliphatic rings. The van der Waals surface area contributed by atoms with Gasteiger partial charge in [0.2, 0.25) is 5.75 Å². The number of hydrogen-bond donors (Lipinski definition) is 4. The van der Waals surface area contributed by atoms with Crippen LogP contribution in [0.15, 0.2) is 108 Å². The molecule has 0 radical (unpaired) electrons. The summed E-state index contributed by atoms with van der Waals surface area (Å²) in [7, 11) is -6.93. The Kier molecular flexibility index (Phi) is 17.8. The standard InChI is InChI=1S/C12H12NO2P.C10H13NO2.C9H13NO3S.C6H5N3O5/c13-15-16(14,11-7-3-1-4-8-11)12-9-5-2-6-10-12;1-6-4-7(2)9(8(3)5-6)10(12)13-11;1-6-4-7(2)9(8(3)5-6)14(11,12)13-10;7-14-6-2-1-4(8(10)11)3-5(6)9(12)13/h1-10H,13H2;4-5H,11H2,1-3H3;4-5H,10H2,1-3H3;1-3H,7H2. The minimum Gasteiger partial charge on any atom is -0.404 e. The lowest BCUT2D eigenvalue weighted by Gasteiger charge is -2.15. The topological polar surface area (TPSA) is 296 Å². The van der Waals surface area contributed by atoms with Crippen LogP contribution in [0.2, 0.25) is 0 Å². The molecule has 18 nitrogen and oxygen atoms in total. The van der Waals surface area contributed by atoms with Crippen molar-refractivity contribution in [3.8, 4) is 5.75 Å². The van der Waals surface area contributed by atoms with Gasteiger partial charge in [0.15, 0.2) is 0 Å². The molecule has 0 aromatic heterocycles. The fourth-order valence-electron chi connectivity index (χ4n) is 5.55. The van der Waals surface area contributed by atoms with Gasteiger partial charge in [0.05, 0.1) is 21.5 Å². The van der Waals surface area contributed by atoms with E-state index in [1.807, 2.05) is 76.2 Å². The number of nitrogens with two attached hydrogens (primary N) is 4. The van der Waals surface area contributed by atoms with Crippen molar-refractivity contribution < 1.29 is 46.2 Å². The van der Waals surface area contributed by atoms with Crippen LogP contribution in [0.25, 0.3) is 0 Å². The zero-order chi connectivity index (χ0) is 43.1. The highest BCUT2D eigenvalue weighted by Crippen LogP contribution is 2.42. The Morgan fingerprint density at radius 3 is 1.44 bits per heavy atom. The van der Waals surface area contributed by atoms with E-state index in [0.717, 1.165) is 40.5 Å². The van der Waals surface area contributed by atoms with Gasteiger partial charge in [-0.05, 0) is 94.1 Å². The maximum absolute atomic E-state index is 12.6. The van der Waals surface area contributed by atoms with Crippen LogP contribution in [0.5, 0.6) is 5.75 Å². The Morgan fingerprint density at radius 2 is 1.09 bits per heavy atom. The maximum atomic E-state index is 12.6. The lowest BCUT2D eigenvalue weighted by molar-refractivity contribution is -0.394. The zero-order valence-corrected chi connectivity index (χ0v) is 33.5. The van der Waals surface area contributed by atoms with E-state index in [4.69, 9.17) is 28.2 Å². The van der Waals surface area contributed by atoms with Crippen LogP contribution in [0.1, 0.15) is 43.7 Å². The number of rotatable bonds is 9. The Balaban J connectivity index is 0.000000263. The summed E-state index contributed by atoms with van der Waals surface area (Å²) in [5, 5.41) is 21.9. The average molecular weight is 827 g/mol. The highest BCUT2D eigenvalue weighted by atomic mass is 32.2. The van der Waals surface area contributed by atoms with E-state index in [2.05, 4.69) is 14.0 Å². The molecule has 57 heavy (non-hydrogen) atoms. The summed E-state index contributed by atoms with van der Waals surface area (Å²) in [6.07, 6.45) is 0. The first-order valence-electron chi connectivity index (χ1n) is 16.4. The molecule has 5 rings (SSSR count). The van der Waals surface area contributed by atoms with E-state index in [9.17, 15) is 38.0 Å². The molecule has 5 aromatic carbocycles. The number of carbonyl (C=O) groups is 1. The van der Waals surface area contributed by atoms with E-state index in [-0.39, 0.29) is 10.6 Å². The fraction of sp³-hybridized carbons (Fsp3) is 0.162. The van der Waals surface area contributed by atoms with Crippen molar-refractivity contribution in [1.82, 2.24) is 0 Å². The molecule has 0 bridgehead atoms. The van der Waals surface area contributed by atoms with Crippen LogP contribution in [0, 0.1) is 61.8 Å². The molecule has 5 aromatic rings. The molecule has 8 N–H and O–H groups in total. The summed E-state index contributed by atoms with van der Waals surface area (Å²) in [5.41, 5.74) is 4.86. The number of non-ortho nitro benzene ring substituents is 1. The monoisotopic (exact) mass is 826 g/mol. The third-order valence-electron chi connectivity index (χ3n) is 7.79. The van der Waals surface area contributed by atoms with Crippen LogP contribution in [-0.4, -0.2) is 24.2 Å². The second-order valence-corrected chi connectivity index (χ2v) is 15.9. The van der Waals surface area contributed by atoms with Crippen molar-refractivity contribution in [2.45, 2.75) is 46.4 Å². The highest BCUT2D eigenvalue weighted by molar-refractivity contribution is 7.86. The summed E-state index contributed by atoms with van der Waals surface area (Å²) in [5.74, 6) is 18.8. The molecule has 0 atom stereocenters. The summed E-state index contributed by atoms with van der Waals surface area (Å²) < 4.78 is 44.2. The van der Waals surface area contributed by atoms with Gasteiger partial charge >= 0.3 is 21.8 Å². The maximum Gasteiger partial charge on any atom is 0.357 e. The van der Waals surface area contributed by atoms with Gasteiger partial charge in [-0.25, -0.2) is 15.3 Å². The lowest BCUT2D eigenvalue weighted by atomic mass is 10.0. The first kappa shape index (κ1) is 47.3. The summed E-state index contributed by atoms with van der Waals surface area (Å²) in [6, 6.07) is 28.3. The van der Waals surface area contributed by atoms with Crippen molar-refractivity contribution in [1.29, 1.82) is 0 Å². The summed E-state index contributed by atoms with van der Waals surface area (Å²) >= 11 is 0. The predicted octanol–water partition coefficient (Wildman–Crippen LogP) is 5.39. The number of hydrogen-bond acceptors (Lipinski definition) is 16. The van der Waals surface area contributed by atoms with Crippen LogP contribution in [-0.2, 0) is 28.4 Å². The number of benzene rings is 5. The van der Waals surface area contributed by atoms with Crippen molar-refractivity contribution in [3.05, 3.63) is 162 Å². The van der Waals surface area contributed by atoms with Crippen LogP contribution < -0.4 is 39.0 Å². The van der Waals surface area contributed by atoms with Gasteiger partial charge in [-0.15, -0.1) is 0 Å². The Labute approximate surface area is 329 Å². The fourth-order valence-corrected chi connectivity index (χ4v) is 8.22. The molecule has 304 valence electrons. The molecule has 0 aliphatic carbocycles. The zero-order valence-electron chi connectivity index (χ0n) is 31.8. The molecule has 0 heterocycles. The molecule has 0 amide bonds. The minimum atomic E-state index is -3.80. The van der Waals surface area contributed by atoms with Crippen molar-refractivity contribution >= 4 is 45.4 Å². The highest BCUT2D eigenvalue weighted by Gasteiger charge is 2.27. The summed E-state index contributed by atoms with van der Waals surface area (Å²) in [4.78, 5) is 38.9. The molecule has 0 fully saturated rings. The molecule has 20 heteroatoms. The van der Waals surface area contributed by atoms with Crippen LogP contribution in [0.4, 0.5) is 11.4 Å². The normalized spacial score (nSPS) is 10.6. The van der Waals surface area contributed by atoms with Gasteiger partial charge in [0.1, 0.15) is 4.90 Å². The molecular formula is C37H43N6O12PS. The van der Waals surface area contributed by atoms with Crippen molar-refractivity contribution in [2.75, 3.05) is 0 Å². The smallest absolute Gasteiger partial charge is 0.357 e. The molecule has 0 aliphatic heterocycles. The molecule has 0 unspecified atom stereocenters. The van der Waals surface area contributed by atoms with Gasteiger partial charge in [-0.1, -0.05) is 71.8 Å². The van der Waals surface area contributed by atoms with Gasteiger partial charge < -0.3 is 9.68 Å². The molecule has 0 saturated carbocycles. The van der Waals surface area contributed by atoms with Crippen molar-refractivity contribution in [3.63, 3.8) is 0 Å². The van der Waals surface area contributed by atoms with Crippen LogP contribution in [0.3, 0.4) is 0 Å². The lowest BCUT2D eigenvalue weighted by Crippen LogP contribution is -2.20. The van der Waals surface area contributed by atoms with Gasteiger partial charge in [-0.3, -0.25) is 24.8 Å². The Hall–Kier alpha value is -5.89. The van der Waals surface area contributed by atoms with Gasteiger partial charge in [-0.2, -0.15) is 30.4 Å². The molecule has 0 saturated heterocycles. The van der Waals surface area contributed by atoms with Crippen molar-refractivity contribution in [2.24, 2.45) is 23.6 Å². The largest absolute Gasteiger partial charge is 0.404 e. The number of carbonyl (C=O) groups excluding carboxylic acids is 1. The van der Waals surface area contributed by atoms with E-state index in [0.29, 0.717) is 27.3 Å². The second kappa shape index (κ2) is 21.4. The first-order chi connectivity index (χ1) is 26.8. The number of aryl methyl sites for hydroxylation is 6. The third-order valence-corrected chi connectivity index (χ3v) is 11.4. The molecule has 0 spiro atoms. The van der Waals surface area contributed by atoms with E-state index in [1.165, 1.54) is 0 Å². The first-order valence-corrected chi connectivity index (χ1v) is 19.4. The quantitative estimate of drug-likeness (QED) is 0.0822. The van der Waals surface area contributed by atoms with E-state index >= 15 is 0 Å². The van der Waals surface area contributed by atoms with E-state index < -0.39 is 44.7 Å². The minimum absolute atomic E-state index is 0.158. The van der Waals surface area contributed by atoms with Crippen LogP contribution >= 0.6 is 7.37 Å². The summed E-state index contributed by atoms with van der Waals surface area (Å²) in [6.45, 7) is 11.0. The second-order valence-electron chi connectivity index (χ2n) is 12.1. The SMILES string of the molecule is Cc1cc(C)c(C(=O)ON)c(C)c1.Cc1cc(C)c(S(=O)(=O)ON)c(C)c1.NOP(=O)(c1ccccc1)c1ccccc1.NOc1ccc([N+](=O)[O-])cc1[N+](=O)[O-].